The van der Waals surface area contributed by atoms with Crippen LogP contribution in [0.3, 0.4) is 0 Å². The molecule has 1 aromatic heterocycles. The first kappa shape index (κ1) is 15.2. The smallest absolute Gasteiger partial charge is 0.234 e. The molecule has 22 heavy (non-hydrogen) atoms. The van der Waals surface area contributed by atoms with Gasteiger partial charge in [0.1, 0.15) is 0 Å². The number of thioether (sulfide) groups is 1. The Morgan fingerprint density at radius 1 is 1.18 bits per heavy atom. The summed E-state index contributed by atoms with van der Waals surface area (Å²) < 4.78 is 0. The number of hydrogen-bond acceptors (Lipinski definition) is 3. The molecular weight excluding hydrogens is 341 g/mol. The van der Waals surface area contributed by atoms with Crippen molar-refractivity contribution in [2.24, 2.45) is 0 Å². The quantitative estimate of drug-likeness (QED) is 0.675. The summed E-state index contributed by atoms with van der Waals surface area (Å²) in [6, 6.07) is 12.7. The maximum atomic E-state index is 11.9. The molecule has 0 aliphatic rings. The summed E-state index contributed by atoms with van der Waals surface area (Å²) in [4.78, 5) is 19.4. The number of carbonyl (C=O) groups is 1. The average Bonchev–Trinajstić information content (AvgIpc) is 2.88. The highest BCUT2D eigenvalue weighted by Gasteiger charge is 2.09. The monoisotopic (exact) mass is 351 g/mol. The number of amides is 1. The third kappa shape index (κ3) is 3.55. The molecule has 2 N–H and O–H groups in total. The van der Waals surface area contributed by atoms with Gasteiger partial charge in [0.05, 0.1) is 26.8 Å². The Hall–Kier alpha value is -1.69. The van der Waals surface area contributed by atoms with Gasteiger partial charge in [0.15, 0.2) is 5.16 Å². The summed E-state index contributed by atoms with van der Waals surface area (Å²) in [5, 5.41) is 4.40. The van der Waals surface area contributed by atoms with Crippen LogP contribution in [0.25, 0.3) is 11.0 Å². The van der Waals surface area contributed by atoms with Gasteiger partial charge >= 0.3 is 0 Å². The van der Waals surface area contributed by atoms with Crippen molar-refractivity contribution in [3.63, 3.8) is 0 Å². The van der Waals surface area contributed by atoms with Crippen molar-refractivity contribution in [2.45, 2.75) is 5.16 Å². The lowest BCUT2D eigenvalue weighted by molar-refractivity contribution is -0.113. The third-order valence-corrected chi connectivity index (χ3v) is 4.50. The Labute approximate surface area is 141 Å². The lowest BCUT2D eigenvalue weighted by Crippen LogP contribution is -2.13. The topological polar surface area (TPSA) is 57.8 Å². The van der Waals surface area contributed by atoms with Gasteiger partial charge in [0.25, 0.3) is 0 Å². The number of H-pyrrole nitrogens is 1. The zero-order chi connectivity index (χ0) is 15.5. The molecule has 2 aromatic carbocycles. The maximum Gasteiger partial charge on any atom is 0.234 e. The van der Waals surface area contributed by atoms with Gasteiger partial charge in [-0.25, -0.2) is 4.98 Å². The molecule has 0 atom stereocenters. The van der Waals surface area contributed by atoms with E-state index in [2.05, 4.69) is 15.3 Å². The molecule has 3 aromatic rings. The molecule has 4 nitrogen and oxygen atoms in total. The fourth-order valence-corrected chi connectivity index (χ4v) is 2.91. The van der Waals surface area contributed by atoms with E-state index in [-0.39, 0.29) is 11.7 Å². The van der Waals surface area contributed by atoms with Crippen molar-refractivity contribution < 1.29 is 4.79 Å². The number of nitrogens with zero attached hydrogens (tertiary/aromatic N) is 1. The lowest BCUT2D eigenvalue weighted by Gasteiger charge is -2.03. The molecule has 0 fully saturated rings. The molecule has 0 saturated heterocycles. The van der Waals surface area contributed by atoms with Gasteiger partial charge in [-0.1, -0.05) is 53.2 Å². The minimum Gasteiger partial charge on any atom is -0.333 e. The number of carbonyl (C=O) groups excluding carboxylic acids is 1. The Morgan fingerprint density at radius 2 is 1.91 bits per heavy atom. The van der Waals surface area contributed by atoms with Crippen molar-refractivity contribution >= 4 is 57.6 Å². The first-order valence-corrected chi connectivity index (χ1v) is 8.18. The van der Waals surface area contributed by atoms with Gasteiger partial charge in [-0.05, 0) is 24.3 Å². The normalized spacial score (nSPS) is 10.8. The molecule has 0 aliphatic carbocycles. The van der Waals surface area contributed by atoms with Crippen LogP contribution < -0.4 is 5.32 Å². The second-order valence-electron chi connectivity index (χ2n) is 4.53. The number of anilines is 1. The number of para-hydroxylation sites is 1. The van der Waals surface area contributed by atoms with Gasteiger partial charge in [-0.3, -0.25) is 4.79 Å². The highest BCUT2D eigenvalue weighted by atomic mass is 35.5. The number of nitrogens with one attached hydrogen (secondary N) is 2. The second kappa shape index (κ2) is 6.60. The molecule has 112 valence electrons. The zero-order valence-corrected chi connectivity index (χ0v) is 13.6. The molecule has 3 rings (SSSR count). The van der Waals surface area contributed by atoms with Crippen molar-refractivity contribution in [1.82, 2.24) is 9.97 Å². The van der Waals surface area contributed by atoms with Crippen LogP contribution in [0.1, 0.15) is 0 Å². The number of halogens is 2. The highest BCUT2D eigenvalue weighted by molar-refractivity contribution is 7.99. The van der Waals surface area contributed by atoms with E-state index in [1.807, 2.05) is 30.3 Å². The van der Waals surface area contributed by atoms with E-state index in [1.54, 1.807) is 12.1 Å². The molecular formula is C15H11Cl2N3OS. The van der Waals surface area contributed by atoms with Crippen molar-refractivity contribution in [1.29, 1.82) is 0 Å². The fourth-order valence-electron chi connectivity index (χ4n) is 1.90. The standard InChI is InChI=1S/C15H11Cl2N3OS/c16-10-6-12-13(7-11(10)17)20-15(19-12)22-8-14(21)18-9-4-2-1-3-5-9/h1-7H,8H2,(H,18,21)(H,19,20). The SMILES string of the molecule is O=C(CSc1nc2cc(Cl)c(Cl)cc2[nH]1)Nc1ccccc1. The molecule has 0 saturated carbocycles. The Morgan fingerprint density at radius 3 is 2.68 bits per heavy atom. The largest absolute Gasteiger partial charge is 0.333 e. The van der Waals surface area contributed by atoms with Crippen LogP contribution in [0.4, 0.5) is 5.69 Å². The number of rotatable bonds is 4. The van der Waals surface area contributed by atoms with Crippen molar-refractivity contribution in [3.8, 4) is 0 Å². The maximum absolute atomic E-state index is 11.9. The molecule has 0 bridgehead atoms. The second-order valence-corrected chi connectivity index (χ2v) is 6.31. The van der Waals surface area contributed by atoms with Crippen LogP contribution in [0.15, 0.2) is 47.6 Å². The molecule has 1 heterocycles. The fraction of sp³-hybridized carbons (Fsp3) is 0.0667. The van der Waals surface area contributed by atoms with E-state index in [0.29, 0.717) is 15.2 Å². The van der Waals surface area contributed by atoms with Crippen LogP contribution in [0.2, 0.25) is 10.0 Å². The number of aromatic amines is 1. The number of hydrogen-bond donors (Lipinski definition) is 2. The summed E-state index contributed by atoms with van der Waals surface area (Å²) in [6.07, 6.45) is 0. The van der Waals surface area contributed by atoms with E-state index >= 15 is 0 Å². The van der Waals surface area contributed by atoms with E-state index in [0.717, 1.165) is 16.7 Å². The van der Waals surface area contributed by atoms with Crippen molar-refractivity contribution in [2.75, 3.05) is 11.1 Å². The van der Waals surface area contributed by atoms with Crippen LogP contribution in [0, 0.1) is 0 Å². The zero-order valence-electron chi connectivity index (χ0n) is 11.3. The molecule has 1 amide bonds. The number of imidazole rings is 1. The minimum absolute atomic E-state index is 0.0901. The number of aromatic nitrogens is 2. The van der Waals surface area contributed by atoms with E-state index in [4.69, 9.17) is 23.2 Å². The number of fused-ring (bicyclic) bond motifs is 1. The summed E-state index contributed by atoms with van der Waals surface area (Å²) in [6.45, 7) is 0. The van der Waals surface area contributed by atoms with Crippen molar-refractivity contribution in [3.05, 3.63) is 52.5 Å². The van der Waals surface area contributed by atoms with Gasteiger partial charge in [0, 0.05) is 5.69 Å². The van der Waals surface area contributed by atoms with Gasteiger partial charge < -0.3 is 10.3 Å². The summed E-state index contributed by atoms with van der Waals surface area (Å²) in [7, 11) is 0. The molecule has 0 unspecified atom stereocenters. The van der Waals surface area contributed by atoms with E-state index < -0.39 is 0 Å². The molecule has 0 spiro atoms. The summed E-state index contributed by atoms with van der Waals surface area (Å²) >= 11 is 13.2. The van der Waals surface area contributed by atoms with Crippen LogP contribution >= 0.6 is 35.0 Å². The van der Waals surface area contributed by atoms with E-state index in [1.165, 1.54) is 11.8 Å². The predicted octanol–water partition coefficient (Wildman–Crippen LogP) is 4.60. The van der Waals surface area contributed by atoms with Gasteiger partial charge in [-0.2, -0.15) is 0 Å². The molecule has 0 aliphatic heterocycles. The summed E-state index contributed by atoms with van der Waals surface area (Å²) in [5.41, 5.74) is 2.29. The average molecular weight is 352 g/mol. The van der Waals surface area contributed by atoms with Gasteiger partial charge in [-0.15, -0.1) is 0 Å². The van der Waals surface area contributed by atoms with Crippen LogP contribution in [-0.4, -0.2) is 21.6 Å². The Bertz CT molecular complexity index is 781. The number of benzene rings is 2. The minimum atomic E-state index is -0.0901. The highest BCUT2D eigenvalue weighted by Crippen LogP contribution is 2.28. The first-order chi connectivity index (χ1) is 10.6. The molecule has 0 radical (unpaired) electrons. The predicted molar refractivity (Wildman–Crippen MR) is 91.9 cm³/mol. The Kier molecular flexibility index (Phi) is 4.57. The van der Waals surface area contributed by atoms with Gasteiger partial charge in [0.2, 0.25) is 5.91 Å². The third-order valence-electron chi connectivity index (χ3n) is 2.90. The Balaban J connectivity index is 1.65. The van der Waals surface area contributed by atoms with E-state index in [9.17, 15) is 4.79 Å². The van der Waals surface area contributed by atoms with Crippen LogP contribution in [0.5, 0.6) is 0 Å². The molecule has 7 heteroatoms. The summed E-state index contributed by atoms with van der Waals surface area (Å²) in [5.74, 6) is 0.170. The lowest BCUT2D eigenvalue weighted by atomic mass is 10.3. The first-order valence-electron chi connectivity index (χ1n) is 6.44. The van der Waals surface area contributed by atoms with Crippen LogP contribution in [-0.2, 0) is 4.79 Å².